The molecule has 20 heavy (non-hydrogen) atoms. The van der Waals surface area contributed by atoms with Gasteiger partial charge in [0.2, 0.25) is 0 Å². The van der Waals surface area contributed by atoms with Crippen LogP contribution in [0.25, 0.3) is 0 Å². The lowest BCUT2D eigenvalue weighted by molar-refractivity contribution is -0.137. The Labute approximate surface area is 115 Å². The molecule has 1 aromatic rings. The van der Waals surface area contributed by atoms with Gasteiger partial charge in [-0.3, -0.25) is 4.79 Å². The molecule has 0 saturated carbocycles. The zero-order valence-corrected chi connectivity index (χ0v) is 11.1. The average molecular weight is 279 g/mol. The van der Waals surface area contributed by atoms with Crippen molar-refractivity contribution < 1.29 is 19.1 Å². The zero-order valence-electron chi connectivity index (χ0n) is 11.1. The van der Waals surface area contributed by atoms with Gasteiger partial charge in [0.15, 0.2) is 0 Å². The molecule has 1 rings (SSSR count). The van der Waals surface area contributed by atoms with Crippen LogP contribution in [0.3, 0.4) is 0 Å². The summed E-state index contributed by atoms with van der Waals surface area (Å²) in [5, 5.41) is 20.0. The zero-order chi connectivity index (χ0) is 15.3. The SMILES string of the molecule is CC(C)N(CC(=O)O)C(=O)Nc1ccc(F)cc1C#N. The van der Waals surface area contributed by atoms with E-state index in [1.54, 1.807) is 19.9 Å². The van der Waals surface area contributed by atoms with Gasteiger partial charge in [0.05, 0.1) is 11.3 Å². The van der Waals surface area contributed by atoms with Crippen LogP contribution >= 0.6 is 0 Å². The number of carbonyl (C=O) groups excluding carboxylic acids is 1. The molecule has 2 N–H and O–H groups in total. The van der Waals surface area contributed by atoms with E-state index in [0.29, 0.717) is 0 Å². The Hall–Kier alpha value is -2.62. The Bertz CT molecular complexity index is 566. The number of amides is 2. The second-order valence-electron chi connectivity index (χ2n) is 4.35. The predicted molar refractivity (Wildman–Crippen MR) is 69.6 cm³/mol. The molecule has 0 radical (unpaired) electrons. The van der Waals surface area contributed by atoms with Gasteiger partial charge in [-0.15, -0.1) is 0 Å². The summed E-state index contributed by atoms with van der Waals surface area (Å²) in [7, 11) is 0. The maximum Gasteiger partial charge on any atom is 0.323 e. The summed E-state index contributed by atoms with van der Waals surface area (Å²) in [5.74, 6) is -1.74. The van der Waals surface area contributed by atoms with E-state index in [-0.39, 0.29) is 17.3 Å². The van der Waals surface area contributed by atoms with Crippen molar-refractivity contribution in [2.45, 2.75) is 19.9 Å². The summed E-state index contributed by atoms with van der Waals surface area (Å²) < 4.78 is 13.0. The molecular weight excluding hydrogens is 265 g/mol. The number of carboxylic acids is 1. The maximum atomic E-state index is 13.0. The van der Waals surface area contributed by atoms with Crippen LogP contribution in [-0.2, 0) is 4.79 Å². The van der Waals surface area contributed by atoms with E-state index in [4.69, 9.17) is 10.4 Å². The molecule has 0 atom stereocenters. The monoisotopic (exact) mass is 279 g/mol. The molecule has 0 bridgehead atoms. The fourth-order valence-electron chi connectivity index (χ4n) is 1.54. The summed E-state index contributed by atoms with van der Waals surface area (Å²) in [5.41, 5.74) is 0.104. The summed E-state index contributed by atoms with van der Waals surface area (Å²) in [6, 6.07) is 4.12. The highest BCUT2D eigenvalue weighted by Crippen LogP contribution is 2.17. The van der Waals surface area contributed by atoms with Crippen LogP contribution < -0.4 is 5.32 Å². The quantitative estimate of drug-likeness (QED) is 0.881. The highest BCUT2D eigenvalue weighted by Gasteiger charge is 2.20. The molecule has 0 aliphatic heterocycles. The first-order valence-corrected chi connectivity index (χ1v) is 5.84. The average Bonchev–Trinajstić information content (AvgIpc) is 2.37. The molecule has 0 aliphatic rings. The lowest BCUT2D eigenvalue weighted by Gasteiger charge is -2.25. The fraction of sp³-hybridized carbons (Fsp3) is 0.308. The first kappa shape index (κ1) is 15.4. The minimum Gasteiger partial charge on any atom is -0.480 e. The number of benzene rings is 1. The van der Waals surface area contributed by atoms with E-state index in [1.807, 2.05) is 0 Å². The van der Waals surface area contributed by atoms with E-state index in [2.05, 4.69) is 5.32 Å². The number of hydrogen-bond donors (Lipinski definition) is 2. The number of rotatable bonds is 4. The molecule has 106 valence electrons. The van der Waals surface area contributed by atoms with Crippen molar-refractivity contribution in [2.24, 2.45) is 0 Å². The van der Waals surface area contributed by atoms with Crippen molar-refractivity contribution in [2.75, 3.05) is 11.9 Å². The standard InChI is InChI=1S/C13H14FN3O3/c1-8(2)17(7-12(18)19)13(20)16-11-4-3-10(14)5-9(11)6-15/h3-5,8H,7H2,1-2H3,(H,16,20)(H,18,19). The van der Waals surface area contributed by atoms with Crippen molar-refractivity contribution in [3.63, 3.8) is 0 Å². The third-order valence-corrected chi connectivity index (χ3v) is 2.53. The van der Waals surface area contributed by atoms with E-state index < -0.39 is 24.4 Å². The van der Waals surface area contributed by atoms with Crippen molar-refractivity contribution in [1.29, 1.82) is 5.26 Å². The number of anilines is 1. The Morgan fingerprint density at radius 1 is 1.50 bits per heavy atom. The molecule has 0 unspecified atom stereocenters. The smallest absolute Gasteiger partial charge is 0.323 e. The third kappa shape index (κ3) is 3.95. The number of nitrogens with zero attached hydrogens (tertiary/aromatic N) is 2. The normalized spacial score (nSPS) is 9.95. The molecule has 6 nitrogen and oxygen atoms in total. The molecule has 0 aromatic heterocycles. The van der Waals surface area contributed by atoms with Crippen LogP contribution in [0, 0.1) is 17.1 Å². The van der Waals surface area contributed by atoms with Crippen molar-refractivity contribution in [3.05, 3.63) is 29.6 Å². The first-order chi connectivity index (χ1) is 9.35. The van der Waals surface area contributed by atoms with Gasteiger partial charge in [0, 0.05) is 6.04 Å². The molecule has 0 spiro atoms. The molecule has 0 saturated heterocycles. The topological polar surface area (TPSA) is 93.4 Å². The van der Waals surface area contributed by atoms with Gasteiger partial charge < -0.3 is 15.3 Å². The number of urea groups is 1. The molecule has 0 aliphatic carbocycles. The Morgan fingerprint density at radius 3 is 2.65 bits per heavy atom. The Balaban J connectivity index is 2.94. The largest absolute Gasteiger partial charge is 0.480 e. The van der Waals surface area contributed by atoms with Crippen LogP contribution in [-0.4, -0.2) is 34.6 Å². The minimum atomic E-state index is -1.14. The van der Waals surface area contributed by atoms with Gasteiger partial charge in [-0.25, -0.2) is 9.18 Å². The van der Waals surface area contributed by atoms with Gasteiger partial charge in [-0.05, 0) is 32.0 Å². The molecule has 0 heterocycles. The van der Waals surface area contributed by atoms with Crippen molar-refractivity contribution in [1.82, 2.24) is 4.90 Å². The van der Waals surface area contributed by atoms with Crippen molar-refractivity contribution >= 4 is 17.7 Å². The van der Waals surface area contributed by atoms with Crippen LogP contribution in [0.1, 0.15) is 19.4 Å². The van der Waals surface area contributed by atoms with Crippen LogP contribution in [0.4, 0.5) is 14.9 Å². The maximum absolute atomic E-state index is 13.0. The van der Waals surface area contributed by atoms with Crippen molar-refractivity contribution in [3.8, 4) is 6.07 Å². The number of nitriles is 1. The van der Waals surface area contributed by atoms with Crippen LogP contribution in [0.5, 0.6) is 0 Å². The van der Waals surface area contributed by atoms with Crippen LogP contribution in [0.15, 0.2) is 18.2 Å². The minimum absolute atomic E-state index is 0.0302. The number of halogens is 1. The summed E-state index contributed by atoms with van der Waals surface area (Å²) in [6.45, 7) is 2.86. The van der Waals surface area contributed by atoms with Gasteiger partial charge in [0.25, 0.3) is 0 Å². The first-order valence-electron chi connectivity index (χ1n) is 5.84. The second kappa shape index (κ2) is 6.52. The van der Waals surface area contributed by atoms with E-state index in [1.165, 1.54) is 6.07 Å². The van der Waals surface area contributed by atoms with Gasteiger partial charge in [-0.2, -0.15) is 5.26 Å². The van der Waals surface area contributed by atoms with Gasteiger partial charge >= 0.3 is 12.0 Å². The Morgan fingerprint density at radius 2 is 2.15 bits per heavy atom. The number of carboxylic acid groups (broad SMARTS) is 1. The fourth-order valence-corrected chi connectivity index (χ4v) is 1.54. The van der Waals surface area contributed by atoms with E-state index in [0.717, 1.165) is 17.0 Å². The van der Waals surface area contributed by atoms with Gasteiger partial charge in [-0.1, -0.05) is 0 Å². The van der Waals surface area contributed by atoms with E-state index in [9.17, 15) is 14.0 Å². The third-order valence-electron chi connectivity index (χ3n) is 2.53. The summed E-state index contributed by atoms with van der Waals surface area (Å²) in [6.07, 6.45) is 0. The van der Waals surface area contributed by atoms with Crippen LogP contribution in [0.2, 0.25) is 0 Å². The number of carbonyl (C=O) groups is 2. The highest BCUT2D eigenvalue weighted by atomic mass is 19.1. The number of nitrogens with one attached hydrogen (secondary N) is 1. The molecule has 0 fully saturated rings. The number of hydrogen-bond acceptors (Lipinski definition) is 3. The predicted octanol–water partition coefficient (Wildman–Crippen LogP) is 2.02. The van der Waals surface area contributed by atoms with Gasteiger partial charge in [0.1, 0.15) is 18.4 Å². The molecule has 1 aromatic carbocycles. The molecule has 2 amide bonds. The Kier molecular flexibility index (Phi) is 5.03. The summed E-state index contributed by atoms with van der Waals surface area (Å²) >= 11 is 0. The summed E-state index contributed by atoms with van der Waals surface area (Å²) in [4.78, 5) is 23.8. The number of aliphatic carboxylic acids is 1. The lowest BCUT2D eigenvalue weighted by Crippen LogP contribution is -2.43. The second-order valence-corrected chi connectivity index (χ2v) is 4.35. The lowest BCUT2D eigenvalue weighted by atomic mass is 10.2. The molecule has 7 heteroatoms. The highest BCUT2D eigenvalue weighted by molar-refractivity contribution is 5.92. The molecular formula is C13H14FN3O3. The van der Waals surface area contributed by atoms with E-state index >= 15 is 0 Å².